The van der Waals surface area contributed by atoms with Crippen LogP contribution < -0.4 is 0 Å². The molecule has 0 aromatic rings. The third-order valence-electron chi connectivity index (χ3n) is 3.08. The van der Waals surface area contributed by atoms with Crippen molar-refractivity contribution < 1.29 is 19.0 Å². The number of rotatable bonds is 12. The fourth-order valence-electron chi connectivity index (χ4n) is 2.28. The van der Waals surface area contributed by atoms with Crippen LogP contribution in [0.4, 0.5) is 0 Å². The zero-order valence-corrected chi connectivity index (χ0v) is 14.6. The number of hydrogen-bond acceptors (Lipinski definition) is 4. The lowest BCUT2D eigenvalue weighted by atomic mass is 9.84. The molecule has 0 heterocycles. The number of hydrogen-bond donors (Lipinski definition) is 0. The monoisotopic (exact) mass is 302 g/mol. The predicted molar refractivity (Wildman–Crippen MR) is 85.4 cm³/mol. The topological polar surface area (TPSA) is 44.8 Å². The Labute approximate surface area is 130 Å². The normalized spacial score (nSPS) is 13.2. The summed E-state index contributed by atoms with van der Waals surface area (Å²) < 4.78 is 15.8. The lowest BCUT2D eigenvalue weighted by Gasteiger charge is -2.22. The molecule has 0 aliphatic rings. The highest BCUT2D eigenvalue weighted by atomic mass is 16.5. The quantitative estimate of drug-likeness (QED) is 0.406. The van der Waals surface area contributed by atoms with Gasteiger partial charge in [0.25, 0.3) is 0 Å². The smallest absolute Gasteiger partial charge is 0.305 e. The minimum atomic E-state index is -0.119. The average molecular weight is 302 g/mol. The highest BCUT2D eigenvalue weighted by Gasteiger charge is 2.15. The summed E-state index contributed by atoms with van der Waals surface area (Å²) in [5, 5.41) is 0. The van der Waals surface area contributed by atoms with Crippen LogP contribution in [0, 0.1) is 11.3 Å². The van der Waals surface area contributed by atoms with E-state index in [4.69, 9.17) is 14.2 Å². The first kappa shape index (κ1) is 20.4. The van der Waals surface area contributed by atoms with Crippen molar-refractivity contribution in [2.45, 2.75) is 60.3 Å². The van der Waals surface area contributed by atoms with Crippen LogP contribution in [0.15, 0.2) is 0 Å². The summed E-state index contributed by atoms with van der Waals surface area (Å²) in [5.41, 5.74) is 0.336. The molecule has 1 atom stereocenters. The van der Waals surface area contributed by atoms with Crippen LogP contribution in [0.2, 0.25) is 0 Å². The van der Waals surface area contributed by atoms with Crippen molar-refractivity contribution in [3.8, 4) is 0 Å². The van der Waals surface area contributed by atoms with Gasteiger partial charge in [-0.05, 0) is 37.5 Å². The van der Waals surface area contributed by atoms with Crippen LogP contribution >= 0.6 is 0 Å². The Bertz CT molecular complexity index is 258. The van der Waals surface area contributed by atoms with E-state index in [-0.39, 0.29) is 5.97 Å². The molecule has 21 heavy (non-hydrogen) atoms. The third-order valence-corrected chi connectivity index (χ3v) is 3.08. The zero-order chi connectivity index (χ0) is 16.1. The summed E-state index contributed by atoms with van der Waals surface area (Å²) in [7, 11) is 0. The minimum Gasteiger partial charge on any atom is -0.466 e. The highest BCUT2D eigenvalue weighted by molar-refractivity contribution is 5.69. The van der Waals surface area contributed by atoms with Crippen molar-refractivity contribution in [3.05, 3.63) is 0 Å². The second-order valence-corrected chi connectivity index (χ2v) is 6.79. The highest BCUT2D eigenvalue weighted by Crippen LogP contribution is 2.25. The van der Waals surface area contributed by atoms with Crippen molar-refractivity contribution in [3.63, 3.8) is 0 Å². The van der Waals surface area contributed by atoms with E-state index in [1.54, 1.807) is 0 Å². The van der Waals surface area contributed by atoms with Crippen molar-refractivity contribution in [2.75, 3.05) is 33.0 Å². The maximum absolute atomic E-state index is 11.5. The maximum atomic E-state index is 11.5. The van der Waals surface area contributed by atoms with Gasteiger partial charge >= 0.3 is 5.97 Å². The van der Waals surface area contributed by atoms with Crippen LogP contribution in [-0.4, -0.2) is 39.0 Å². The van der Waals surface area contributed by atoms with Gasteiger partial charge in [0.05, 0.1) is 19.8 Å². The van der Waals surface area contributed by atoms with E-state index < -0.39 is 0 Å². The van der Waals surface area contributed by atoms with Gasteiger partial charge < -0.3 is 14.2 Å². The molecule has 4 heteroatoms. The first-order valence-corrected chi connectivity index (χ1v) is 8.16. The van der Waals surface area contributed by atoms with E-state index in [1.165, 1.54) is 0 Å². The predicted octanol–water partition coefficient (Wildman–Crippen LogP) is 3.83. The summed E-state index contributed by atoms with van der Waals surface area (Å²) in [5.74, 6) is 0.464. The van der Waals surface area contributed by atoms with Gasteiger partial charge in [0.2, 0.25) is 0 Å². The van der Waals surface area contributed by atoms with Gasteiger partial charge in [-0.25, -0.2) is 0 Å². The molecular weight excluding hydrogens is 268 g/mol. The fraction of sp³-hybridized carbons (Fsp3) is 0.941. The lowest BCUT2D eigenvalue weighted by Crippen LogP contribution is -2.14. The average Bonchev–Trinajstić information content (AvgIpc) is 2.35. The number of carbonyl (C=O) groups excluding carboxylic acids is 1. The minimum absolute atomic E-state index is 0.119. The van der Waals surface area contributed by atoms with Crippen molar-refractivity contribution in [1.82, 2.24) is 0 Å². The van der Waals surface area contributed by atoms with Gasteiger partial charge in [-0.3, -0.25) is 4.79 Å². The summed E-state index contributed by atoms with van der Waals surface area (Å²) >= 11 is 0. The number of ether oxygens (including phenoxy) is 3. The van der Waals surface area contributed by atoms with E-state index in [9.17, 15) is 4.79 Å². The van der Waals surface area contributed by atoms with Gasteiger partial charge in [0, 0.05) is 19.6 Å². The van der Waals surface area contributed by atoms with Crippen molar-refractivity contribution >= 4 is 5.97 Å². The summed E-state index contributed by atoms with van der Waals surface area (Å²) in [6.45, 7) is 13.9. The maximum Gasteiger partial charge on any atom is 0.305 e. The van der Waals surface area contributed by atoms with Crippen LogP contribution in [0.1, 0.15) is 60.3 Å². The number of carbonyl (C=O) groups is 1. The van der Waals surface area contributed by atoms with Gasteiger partial charge in [-0.2, -0.15) is 0 Å². The largest absolute Gasteiger partial charge is 0.466 e. The summed E-state index contributed by atoms with van der Waals surface area (Å²) in [4.78, 5) is 11.5. The van der Waals surface area contributed by atoms with Crippen molar-refractivity contribution in [2.24, 2.45) is 11.3 Å². The van der Waals surface area contributed by atoms with Gasteiger partial charge in [0.1, 0.15) is 0 Å². The Kier molecular flexibility index (Phi) is 11.6. The first-order chi connectivity index (χ1) is 9.85. The Morgan fingerprint density at radius 1 is 1.05 bits per heavy atom. The van der Waals surface area contributed by atoms with Gasteiger partial charge in [-0.1, -0.05) is 27.7 Å². The van der Waals surface area contributed by atoms with Crippen LogP contribution in [0.5, 0.6) is 0 Å². The van der Waals surface area contributed by atoms with Gasteiger partial charge in [0.15, 0.2) is 0 Å². The molecule has 0 bridgehead atoms. The lowest BCUT2D eigenvalue weighted by molar-refractivity contribution is -0.144. The van der Waals surface area contributed by atoms with E-state index in [0.717, 1.165) is 12.8 Å². The molecule has 0 rings (SSSR count). The molecule has 0 fully saturated rings. The van der Waals surface area contributed by atoms with E-state index >= 15 is 0 Å². The van der Waals surface area contributed by atoms with Gasteiger partial charge in [-0.15, -0.1) is 0 Å². The molecule has 0 saturated carbocycles. The molecule has 0 N–H and O–H groups in total. The Hall–Kier alpha value is -0.610. The second-order valence-electron chi connectivity index (χ2n) is 6.79. The molecule has 1 unspecified atom stereocenters. The molecule has 0 radical (unpaired) electrons. The summed E-state index contributed by atoms with van der Waals surface area (Å²) in [6, 6.07) is 0. The van der Waals surface area contributed by atoms with E-state index in [2.05, 4.69) is 27.7 Å². The molecule has 4 nitrogen and oxygen atoms in total. The first-order valence-electron chi connectivity index (χ1n) is 8.16. The molecular formula is C17H34O4. The molecule has 0 aliphatic heterocycles. The molecule has 0 saturated heterocycles. The molecule has 0 aliphatic carbocycles. The van der Waals surface area contributed by atoms with Crippen LogP contribution in [-0.2, 0) is 19.0 Å². The van der Waals surface area contributed by atoms with E-state index in [1.807, 2.05) is 6.92 Å². The molecule has 0 amide bonds. The second kappa shape index (κ2) is 12.0. The molecule has 0 aromatic carbocycles. The third kappa shape index (κ3) is 15.6. The molecule has 0 aromatic heterocycles. The molecule has 0 spiro atoms. The Balaban J connectivity index is 3.42. The van der Waals surface area contributed by atoms with Crippen LogP contribution in [0.25, 0.3) is 0 Å². The van der Waals surface area contributed by atoms with Crippen LogP contribution in [0.3, 0.4) is 0 Å². The zero-order valence-electron chi connectivity index (χ0n) is 14.6. The Morgan fingerprint density at radius 3 is 2.33 bits per heavy atom. The SMILES string of the molecule is CCOCCOCCCC(=O)OCCC(C)CC(C)(C)C. The Morgan fingerprint density at radius 2 is 1.71 bits per heavy atom. The van der Waals surface area contributed by atoms with E-state index in [0.29, 0.717) is 57.2 Å². The molecule has 126 valence electrons. The standard InChI is InChI=1S/C17H34O4/c1-6-19-12-13-20-10-7-8-16(18)21-11-9-15(2)14-17(3,4)5/h15H,6-14H2,1-5H3. The number of esters is 1. The fourth-order valence-corrected chi connectivity index (χ4v) is 2.28. The summed E-state index contributed by atoms with van der Waals surface area (Å²) in [6.07, 6.45) is 3.23. The van der Waals surface area contributed by atoms with Crippen molar-refractivity contribution in [1.29, 1.82) is 0 Å².